The second-order valence-electron chi connectivity index (χ2n) is 9.09. The molecule has 0 aromatic heterocycles. The van der Waals surface area contributed by atoms with Crippen molar-refractivity contribution < 1.29 is 4.79 Å². The summed E-state index contributed by atoms with van der Waals surface area (Å²) in [6.07, 6.45) is 11.1. The second kappa shape index (κ2) is 6.25. The van der Waals surface area contributed by atoms with E-state index in [0.717, 1.165) is 18.3 Å². The largest absolute Gasteiger partial charge is 0.298 e. The molecule has 1 spiro atoms. The minimum absolute atomic E-state index is 0.00219. The smallest absolute Gasteiger partial charge is 0.145 e. The van der Waals surface area contributed by atoms with Crippen LogP contribution in [0, 0.1) is 22.7 Å². The Kier molecular flexibility index (Phi) is 4.33. The highest BCUT2D eigenvalue weighted by atomic mass is 16.1. The van der Waals surface area contributed by atoms with Gasteiger partial charge in [-0.3, -0.25) is 4.79 Å². The van der Waals surface area contributed by atoms with E-state index in [1.807, 2.05) is 13.8 Å². The van der Waals surface area contributed by atoms with Gasteiger partial charge in [0.25, 0.3) is 0 Å². The Labute approximate surface area is 153 Å². The molecule has 0 radical (unpaired) electrons. The van der Waals surface area contributed by atoms with E-state index in [-0.39, 0.29) is 10.8 Å². The van der Waals surface area contributed by atoms with Crippen molar-refractivity contribution in [3.05, 3.63) is 35.4 Å². The van der Waals surface area contributed by atoms with Crippen molar-refractivity contribution in [2.24, 2.45) is 22.7 Å². The Balaban J connectivity index is 0.000000758. The van der Waals surface area contributed by atoms with Gasteiger partial charge in [-0.25, -0.2) is 0 Å². The van der Waals surface area contributed by atoms with Gasteiger partial charge in [-0.15, -0.1) is 0 Å². The van der Waals surface area contributed by atoms with Crippen LogP contribution in [-0.4, -0.2) is 5.78 Å². The standard InChI is InChI=1S/C22H28O.C2H6/c1-21-13-10-17-16-7-3-2-6-15(16)8-9-18(17)19(21)14-22(20(21)23)11-4-5-12-22;1-2/h2-3,6-7,17-19H,4-5,8-14H2,1H3;1-2H3/t17-,18-,19+,21+;/m1./s1. The highest BCUT2D eigenvalue weighted by Crippen LogP contribution is 2.66. The van der Waals surface area contributed by atoms with Gasteiger partial charge in [-0.1, -0.05) is 57.9 Å². The second-order valence-corrected chi connectivity index (χ2v) is 9.09. The van der Waals surface area contributed by atoms with Crippen molar-refractivity contribution in [2.45, 2.75) is 84.5 Å². The molecule has 3 fully saturated rings. The van der Waals surface area contributed by atoms with E-state index >= 15 is 0 Å². The van der Waals surface area contributed by atoms with Crippen LogP contribution in [0.1, 0.15) is 89.2 Å². The first-order valence-electron chi connectivity index (χ1n) is 10.8. The number of carbonyl (C=O) groups is 1. The number of benzene rings is 1. The van der Waals surface area contributed by atoms with E-state index < -0.39 is 0 Å². The average molecular weight is 339 g/mol. The van der Waals surface area contributed by atoms with E-state index in [1.165, 1.54) is 51.4 Å². The maximum absolute atomic E-state index is 13.4. The lowest BCUT2D eigenvalue weighted by Crippen LogP contribution is -2.43. The molecular formula is C24H34O. The van der Waals surface area contributed by atoms with Crippen LogP contribution in [-0.2, 0) is 11.2 Å². The van der Waals surface area contributed by atoms with E-state index in [2.05, 4.69) is 31.2 Å². The molecular weight excluding hydrogens is 304 g/mol. The van der Waals surface area contributed by atoms with E-state index in [9.17, 15) is 4.79 Å². The van der Waals surface area contributed by atoms with Gasteiger partial charge < -0.3 is 0 Å². The van der Waals surface area contributed by atoms with Gasteiger partial charge in [0, 0.05) is 10.8 Å². The third-order valence-electron chi connectivity index (χ3n) is 8.20. The fourth-order valence-corrected chi connectivity index (χ4v) is 7.10. The topological polar surface area (TPSA) is 17.1 Å². The summed E-state index contributed by atoms with van der Waals surface area (Å²) in [6, 6.07) is 9.11. The highest BCUT2D eigenvalue weighted by Gasteiger charge is 2.63. The molecule has 1 aromatic rings. The van der Waals surface area contributed by atoms with Crippen molar-refractivity contribution in [3.63, 3.8) is 0 Å². The Morgan fingerprint density at radius 1 is 1.00 bits per heavy atom. The molecule has 5 rings (SSSR count). The predicted octanol–water partition coefficient (Wildman–Crippen LogP) is 6.31. The van der Waals surface area contributed by atoms with Crippen LogP contribution >= 0.6 is 0 Å². The van der Waals surface area contributed by atoms with E-state index in [1.54, 1.807) is 11.1 Å². The van der Waals surface area contributed by atoms with Crippen molar-refractivity contribution in [3.8, 4) is 0 Å². The van der Waals surface area contributed by atoms with Crippen molar-refractivity contribution in [2.75, 3.05) is 0 Å². The Morgan fingerprint density at radius 3 is 2.48 bits per heavy atom. The summed E-state index contributed by atoms with van der Waals surface area (Å²) >= 11 is 0. The Bertz CT molecular complexity index is 654. The molecule has 0 heterocycles. The molecule has 25 heavy (non-hydrogen) atoms. The number of hydrogen-bond acceptors (Lipinski definition) is 1. The molecule has 1 aromatic carbocycles. The summed E-state index contributed by atoms with van der Waals surface area (Å²) in [5, 5.41) is 0. The van der Waals surface area contributed by atoms with Gasteiger partial charge in [0.1, 0.15) is 5.78 Å². The molecule has 1 nitrogen and oxygen atoms in total. The van der Waals surface area contributed by atoms with Crippen LogP contribution in [0.25, 0.3) is 0 Å². The number of carbonyl (C=O) groups excluding carboxylic acids is 1. The minimum Gasteiger partial charge on any atom is -0.298 e. The first-order valence-corrected chi connectivity index (χ1v) is 10.8. The normalized spacial score (nSPS) is 37.7. The number of rotatable bonds is 0. The zero-order valence-electron chi connectivity index (χ0n) is 16.3. The van der Waals surface area contributed by atoms with Crippen LogP contribution in [0.4, 0.5) is 0 Å². The predicted molar refractivity (Wildman–Crippen MR) is 104 cm³/mol. The maximum atomic E-state index is 13.4. The van der Waals surface area contributed by atoms with Gasteiger partial charge in [0.2, 0.25) is 0 Å². The number of ketones is 1. The van der Waals surface area contributed by atoms with E-state index in [0.29, 0.717) is 11.7 Å². The maximum Gasteiger partial charge on any atom is 0.145 e. The molecule has 0 aliphatic heterocycles. The van der Waals surface area contributed by atoms with Gasteiger partial charge in [0.05, 0.1) is 0 Å². The summed E-state index contributed by atoms with van der Waals surface area (Å²) in [5.74, 6) is 2.81. The van der Waals surface area contributed by atoms with Crippen LogP contribution < -0.4 is 0 Å². The van der Waals surface area contributed by atoms with Crippen LogP contribution in [0.5, 0.6) is 0 Å². The zero-order valence-corrected chi connectivity index (χ0v) is 16.3. The summed E-state index contributed by atoms with van der Waals surface area (Å²) in [4.78, 5) is 13.4. The summed E-state index contributed by atoms with van der Waals surface area (Å²) < 4.78 is 0. The fourth-order valence-electron chi connectivity index (χ4n) is 7.10. The van der Waals surface area contributed by atoms with Crippen LogP contribution in [0.2, 0.25) is 0 Å². The van der Waals surface area contributed by atoms with Crippen LogP contribution in [0.3, 0.4) is 0 Å². The lowest BCUT2D eigenvalue weighted by Gasteiger charge is -2.48. The minimum atomic E-state index is -0.00219. The average Bonchev–Trinajstić information content (AvgIpc) is 3.22. The molecule has 136 valence electrons. The number of hydrogen-bond donors (Lipinski definition) is 0. The van der Waals surface area contributed by atoms with Crippen molar-refractivity contribution >= 4 is 5.78 Å². The third kappa shape index (κ3) is 2.37. The zero-order chi connectivity index (χ0) is 17.7. The fraction of sp³-hybridized carbons (Fsp3) is 0.708. The molecule has 0 N–H and O–H groups in total. The van der Waals surface area contributed by atoms with Gasteiger partial charge >= 0.3 is 0 Å². The summed E-state index contributed by atoms with van der Waals surface area (Å²) in [7, 11) is 0. The molecule has 0 unspecified atom stereocenters. The molecule has 0 amide bonds. The number of fused-ring (bicyclic) bond motifs is 5. The quantitative estimate of drug-likeness (QED) is 0.542. The molecule has 4 aliphatic rings. The molecule has 0 saturated heterocycles. The Hall–Kier alpha value is -1.11. The molecule has 3 saturated carbocycles. The SMILES string of the molecule is CC.C[C@]12CC[C@@H]3c4ccccc4CC[C@H]3[C@@H]1CC1(CCCC1)C2=O. The molecule has 4 atom stereocenters. The number of Topliss-reactive ketones (excluding diaryl/α,β-unsaturated/α-hetero) is 1. The molecule has 1 heteroatoms. The van der Waals surface area contributed by atoms with Gasteiger partial charge in [0.15, 0.2) is 0 Å². The Morgan fingerprint density at radius 2 is 1.72 bits per heavy atom. The number of aryl methyl sites for hydroxylation is 1. The monoisotopic (exact) mass is 338 g/mol. The van der Waals surface area contributed by atoms with Crippen molar-refractivity contribution in [1.82, 2.24) is 0 Å². The first kappa shape index (κ1) is 17.3. The van der Waals surface area contributed by atoms with E-state index in [4.69, 9.17) is 0 Å². The van der Waals surface area contributed by atoms with Crippen molar-refractivity contribution in [1.29, 1.82) is 0 Å². The van der Waals surface area contributed by atoms with Gasteiger partial charge in [-0.05, 0) is 73.8 Å². The molecule has 4 aliphatic carbocycles. The summed E-state index contributed by atoms with van der Waals surface area (Å²) in [5.41, 5.74) is 3.28. The highest BCUT2D eigenvalue weighted by molar-refractivity contribution is 5.93. The van der Waals surface area contributed by atoms with Crippen LogP contribution in [0.15, 0.2) is 24.3 Å². The third-order valence-corrected chi connectivity index (χ3v) is 8.20. The first-order chi connectivity index (χ1) is 12.1. The lowest BCUT2D eigenvalue weighted by molar-refractivity contribution is -0.135. The lowest BCUT2D eigenvalue weighted by atomic mass is 9.55. The summed E-state index contributed by atoms with van der Waals surface area (Å²) in [6.45, 7) is 6.34. The molecule has 0 bridgehead atoms. The van der Waals surface area contributed by atoms with Gasteiger partial charge in [-0.2, -0.15) is 0 Å².